The summed E-state index contributed by atoms with van der Waals surface area (Å²) >= 11 is 1.85. The Hall–Kier alpha value is -8.44. The van der Waals surface area contributed by atoms with Gasteiger partial charge in [0, 0.05) is 59.1 Å². The minimum Gasteiger partial charge on any atom is -0.454 e. The van der Waals surface area contributed by atoms with Gasteiger partial charge in [-0.25, -0.2) is 0 Å². The fourth-order valence-corrected chi connectivity index (χ4v) is 11.1. The number of fused-ring (bicyclic) bond motifs is 9. The Morgan fingerprint density at radius 3 is 1.73 bits per heavy atom. The molecule has 0 fully saturated rings. The van der Waals surface area contributed by atoms with Crippen LogP contribution >= 0.6 is 11.3 Å². The monoisotopic (exact) mass is 860 g/mol. The van der Waals surface area contributed by atoms with Crippen molar-refractivity contribution in [3.8, 4) is 22.3 Å². The Bertz CT molecular complexity index is 3890. The number of hydrogen-bond donors (Lipinski definition) is 0. The van der Waals surface area contributed by atoms with Crippen molar-refractivity contribution in [3.63, 3.8) is 0 Å². The van der Waals surface area contributed by atoms with Crippen molar-refractivity contribution >= 4 is 109 Å². The fourth-order valence-electron chi connectivity index (χ4n) is 9.98. The first kappa shape index (κ1) is 38.1. The summed E-state index contributed by atoms with van der Waals surface area (Å²) < 4.78 is 9.28. The number of furan rings is 1. The maximum atomic E-state index is 6.74. The lowest BCUT2D eigenvalue weighted by Crippen LogP contribution is -2.10. The van der Waals surface area contributed by atoms with Gasteiger partial charge in [-0.1, -0.05) is 158 Å². The quantitative estimate of drug-likeness (QED) is 0.142. The molecule has 13 rings (SSSR count). The zero-order valence-electron chi connectivity index (χ0n) is 35.8. The van der Waals surface area contributed by atoms with Crippen LogP contribution in [0.3, 0.4) is 0 Å². The predicted octanol–water partition coefficient (Wildman–Crippen LogP) is 18.5. The minimum absolute atomic E-state index is 0.861. The number of para-hydroxylation sites is 4. The number of thiophene rings is 1. The van der Waals surface area contributed by atoms with E-state index in [2.05, 4.69) is 246 Å². The van der Waals surface area contributed by atoms with E-state index < -0.39 is 0 Å². The third kappa shape index (κ3) is 6.34. The molecule has 0 N–H and O–H groups in total. The molecule has 0 amide bonds. The Labute approximate surface area is 386 Å². The largest absolute Gasteiger partial charge is 0.454 e. The van der Waals surface area contributed by atoms with Gasteiger partial charge in [0.1, 0.15) is 5.58 Å². The van der Waals surface area contributed by atoms with E-state index in [9.17, 15) is 0 Å². The second-order valence-corrected chi connectivity index (χ2v) is 17.9. The van der Waals surface area contributed by atoms with Crippen LogP contribution in [0.1, 0.15) is 0 Å². The molecule has 0 saturated carbocycles. The minimum atomic E-state index is 0.861. The smallest absolute Gasteiger partial charge is 0.159 e. The summed E-state index contributed by atoms with van der Waals surface area (Å²) in [5, 5.41) is 9.57. The molecule has 0 unspecified atom stereocenters. The molecule has 3 nitrogen and oxygen atoms in total. The van der Waals surface area contributed by atoms with Gasteiger partial charge in [0.2, 0.25) is 0 Å². The van der Waals surface area contributed by atoms with Gasteiger partial charge in [0.25, 0.3) is 0 Å². The van der Waals surface area contributed by atoms with Gasteiger partial charge >= 0.3 is 0 Å². The zero-order valence-corrected chi connectivity index (χ0v) is 36.6. The van der Waals surface area contributed by atoms with Crippen LogP contribution in [0.5, 0.6) is 0 Å². The van der Waals surface area contributed by atoms with Crippen molar-refractivity contribution in [1.82, 2.24) is 0 Å². The molecule has 0 atom stereocenters. The fraction of sp³-hybridized carbons (Fsp3) is 0. The molecule has 0 spiro atoms. The molecule has 0 aliphatic heterocycles. The Morgan fingerprint density at radius 2 is 0.939 bits per heavy atom. The van der Waals surface area contributed by atoms with Crippen LogP contribution in [-0.2, 0) is 0 Å². The number of anilines is 6. The van der Waals surface area contributed by atoms with Crippen molar-refractivity contribution in [2.24, 2.45) is 0 Å². The average molecular weight is 861 g/mol. The third-order valence-electron chi connectivity index (χ3n) is 13.0. The van der Waals surface area contributed by atoms with E-state index >= 15 is 0 Å². The van der Waals surface area contributed by atoms with Gasteiger partial charge in [-0.2, -0.15) is 0 Å². The van der Waals surface area contributed by atoms with E-state index in [1.165, 1.54) is 52.8 Å². The average Bonchev–Trinajstić information content (AvgIpc) is 3.96. The second-order valence-electron chi connectivity index (χ2n) is 16.8. The van der Waals surface area contributed by atoms with Crippen LogP contribution < -0.4 is 9.80 Å². The highest BCUT2D eigenvalue weighted by molar-refractivity contribution is 7.26. The van der Waals surface area contributed by atoms with Gasteiger partial charge < -0.3 is 14.2 Å². The summed E-state index contributed by atoms with van der Waals surface area (Å²) in [5.74, 6) is 0. The first-order valence-corrected chi connectivity index (χ1v) is 23.2. The molecule has 0 saturated heterocycles. The van der Waals surface area contributed by atoms with Gasteiger partial charge in [-0.15, -0.1) is 11.3 Å². The lowest BCUT2D eigenvalue weighted by atomic mass is 9.95. The Morgan fingerprint density at radius 1 is 0.318 bits per heavy atom. The molecule has 0 aliphatic rings. The van der Waals surface area contributed by atoms with Crippen molar-refractivity contribution in [2.45, 2.75) is 0 Å². The van der Waals surface area contributed by atoms with E-state index in [4.69, 9.17) is 4.42 Å². The number of rotatable bonds is 8. The van der Waals surface area contributed by atoms with Gasteiger partial charge in [-0.05, 0) is 123 Å². The first-order valence-electron chi connectivity index (χ1n) is 22.4. The SMILES string of the molecule is c1ccc(-c2cccc3sc4ccc(N(c5ccc(-c6ccc7c(N(c8ccccc8)c8ccccc8)cc8ccccc8c7c6)cc5)c5cccc6c5oc5ccccc56)cc4c23)cc1. The summed E-state index contributed by atoms with van der Waals surface area (Å²) in [5.41, 5.74) is 13.0. The summed E-state index contributed by atoms with van der Waals surface area (Å²) in [6.45, 7) is 0. The molecular formula is C62H40N2OS. The molecule has 310 valence electrons. The van der Waals surface area contributed by atoms with Crippen LogP contribution in [0, 0.1) is 0 Å². The number of hydrogen-bond acceptors (Lipinski definition) is 4. The van der Waals surface area contributed by atoms with Crippen LogP contribution in [0.15, 0.2) is 247 Å². The van der Waals surface area contributed by atoms with E-state index in [0.717, 1.165) is 67.2 Å². The van der Waals surface area contributed by atoms with Gasteiger partial charge in [-0.3, -0.25) is 0 Å². The lowest BCUT2D eigenvalue weighted by Gasteiger charge is -2.27. The standard InChI is InChI=1S/C62H40N2OS/c1-4-16-42(17-5-1)50-25-15-29-60-61(50)55-40-48(35-37-59(55)66-60)64(56-27-14-26-53-52-24-12-13-28-58(52)65-62(53)56)47-33-30-41(31-34-47)43-32-36-51-54(38-43)49-23-11-10-18-44(49)39-57(51)63(45-19-6-2-7-20-45)46-21-8-3-9-22-46/h1-40H. The van der Waals surface area contributed by atoms with Crippen molar-refractivity contribution in [2.75, 3.05) is 9.80 Å². The number of nitrogens with zero attached hydrogens (tertiary/aromatic N) is 2. The molecule has 66 heavy (non-hydrogen) atoms. The second kappa shape index (κ2) is 15.7. The highest BCUT2D eigenvalue weighted by atomic mass is 32.1. The summed E-state index contributed by atoms with van der Waals surface area (Å²) in [4.78, 5) is 4.74. The normalized spacial score (nSPS) is 11.6. The Balaban J connectivity index is 0.972. The molecule has 2 aromatic heterocycles. The van der Waals surface area contributed by atoms with Gasteiger partial charge in [0.05, 0.1) is 11.4 Å². The van der Waals surface area contributed by atoms with Crippen LogP contribution in [0.4, 0.5) is 34.1 Å². The van der Waals surface area contributed by atoms with Crippen molar-refractivity contribution < 1.29 is 4.42 Å². The third-order valence-corrected chi connectivity index (χ3v) is 14.1. The highest BCUT2D eigenvalue weighted by Crippen LogP contribution is 2.47. The lowest BCUT2D eigenvalue weighted by molar-refractivity contribution is 0.669. The molecule has 4 heteroatoms. The maximum absolute atomic E-state index is 6.74. The summed E-state index contributed by atoms with van der Waals surface area (Å²) in [6, 6.07) is 87.6. The van der Waals surface area contributed by atoms with Gasteiger partial charge in [0.15, 0.2) is 5.58 Å². The van der Waals surface area contributed by atoms with Crippen LogP contribution in [0.25, 0.3) is 85.9 Å². The molecular weight excluding hydrogens is 821 g/mol. The van der Waals surface area contributed by atoms with E-state index in [1.807, 2.05) is 17.4 Å². The number of benzene rings is 11. The van der Waals surface area contributed by atoms with Crippen molar-refractivity contribution in [3.05, 3.63) is 243 Å². The Kier molecular flexibility index (Phi) is 9.03. The topological polar surface area (TPSA) is 19.6 Å². The van der Waals surface area contributed by atoms with E-state index in [0.29, 0.717) is 0 Å². The molecule has 13 aromatic rings. The van der Waals surface area contributed by atoms with Crippen molar-refractivity contribution in [1.29, 1.82) is 0 Å². The first-order chi connectivity index (χ1) is 32.7. The zero-order chi connectivity index (χ0) is 43.6. The molecule has 2 heterocycles. The molecule has 0 aliphatic carbocycles. The molecule has 0 bridgehead atoms. The van der Waals surface area contributed by atoms with E-state index in [1.54, 1.807) is 0 Å². The predicted molar refractivity (Wildman–Crippen MR) is 282 cm³/mol. The molecule has 0 radical (unpaired) electrons. The van der Waals surface area contributed by atoms with Crippen LogP contribution in [-0.4, -0.2) is 0 Å². The summed E-state index contributed by atoms with van der Waals surface area (Å²) in [7, 11) is 0. The summed E-state index contributed by atoms with van der Waals surface area (Å²) in [6.07, 6.45) is 0. The maximum Gasteiger partial charge on any atom is 0.159 e. The molecule has 11 aromatic carbocycles. The van der Waals surface area contributed by atoms with E-state index in [-0.39, 0.29) is 0 Å². The highest BCUT2D eigenvalue weighted by Gasteiger charge is 2.22. The van der Waals surface area contributed by atoms with Crippen LogP contribution in [0.2, 0.25) is 0 Å².